The van der Waals surface area contributed by atoms with E-state index in [1.165, 1.54) is 25.0 Å². The van der Waals surface area contributed by atoms with Crippen LogP contribution < -0.4 is 5.32 Å². The summed E-state index contributed by atoms with van der Waals surface area (Å²) in [6.45, 7) is 0. The number of halogens is 1. The molecule has 0 heterocycles. The van der Waals surface area contributed by atoms with Crippen LogP contribution in [0.2, 0.25) is 0 Å². The van der Waals surface area contributed by atoms with Crippen molar-refractivity contribution in [2.45, 2.75) is 31.7 Å². The molecule has 0 atom stereocenters. The average molecular weight is 204 g/mol. The van der Waals surface area contributed by atoms with Gasteiger partial charge in [-0.05, 0) is 31.0 Å². The van der Waals surface area contributed by atoms with E-state index in [9.17, 15) is 4.39 Å². The lowest BCUT2D eigenvalue weighted by Crippen LogP contribution is -2.14. The number of hydrogen-bond acceptors (Lipinski definition) is 2. The van der Waals surface area contributed by atoms with Crippen LogP contribution >= 0.6 is 0 Å². The minimum atomic E-state index is -0.352. The Balaban J connectivity index is 2.13. The Labute approximate surface area is 88.7 Å². The number of nitrogens with zero attached hydrogens (tertiary/aromatic N) is 1. The average Bonchev–Trinajstić information content (AvgIpc) is 2.69. The molecule has 1 aliphatic rings. The van der Waals surface area contributed by atoms with Gasteiger partial charge in [-0.2, -0.15) is 5.26 Å². The van der Waals surface area contributed by atoms with Crippen molar-refractivity contribution < 1.29 is 4.39 Å². The number of hydrogen-bond donors (Lipinski definition) is 1. The van der Waals surface area contributed by atoms with Gasteiger partial charge in [0.2, 0.25) is 0 Å². The van der Waals surface area contributed by atoms with Crippen LogP contribution in [-0.4, -0.2) is 6.04 Å². The lowest BCUT2D eigenvalue weighted by molar-refractivity contribution is 0.627. The molecular weight excluding hydrogens is 191 g/mol. The first-order valence-corrected chi connectivity index (χ1v) is 5.25. The van der Waals surface area contributed by atoms with E-state index < -0.39 is 0 Å². The second-order valence-electron chi connectivity index (χ2n) is 3.97. The molecule has 0 radical (unpaired) electrons. The molecular formula is C12H13FN2. The van der Waals surface area contributed by atoms with Crippen LogP contribution in [0.4, 0.5) is 10.1 Å². The zero-order chi connectivity index (χ0) is 10.7. The van der Waals surface area contributed by atoms with Gasteiger partial charge in [-0.1, -0.05) is 12.8 Å². The van der Waals surface area contributed by atoms with Crippen molar-refractivity contribution in [1.29, 1.82) is 5.26 Å². The third-order valence-electron chi connectivity index (χ3n) is 2.75. The highest BCUT2D eigenvalue weighted by molar-refractivity contribution is 5.50. The van der Waals surface area contributed by atoms with Crippen molar-refractivity contribution in [3.05, 3.63) is 29.6 Å². The summed E-state index contributed by atoms with van der Waals surface area (Å²) in [6, 6.07) is 6.79. The summed E-state index contributed by atoms with van der Waals surface area (Å²) in [6.07, 6.45) is 4.74. The summed E-state index contributed by atoms with van der Waals surface area (Å²) in [7, 11) is 0. The standard InChI is InChI=1S/C12H13FN2/c13-10-5-9(8-14)6-12(7-10)15-11-3-1-2-4-11/h5-7,11,15H,1-4H2. The molecule has 0 aromatic heterocycles. The van der Waals surface area contributed by atoms with Crippen LogP contribution in [0, 0.1) is 17.1 Å². The smallest absolute Gasteiger partial charge is 0.126 e. The summed E-state index contributed by atoms with van der Waals surface area (Å²) >= 11 is 0. The molecule has 0 amide bonds. The van der Waals surface area contributed by atoms with Gasteiger partial charge in [0.1, 0.15) is 5.82 Å². The molecule has 1 aromatic carbocycles. The van der Waals surface area contributed by atoms with Gasteiger partial charge < -0.3 is 5.32 Å². The van der Waals surface area contributed by atoms with E-state index in [4.69, 9.17) is 5.26 Å². The molecule has 15 heavy (non-hydrogen) atoms. The fourth-order valence-corrected chi connectivity index (χ4v) is 2.04. The Morgan fingerprint density at radius 2 is 2.00 bits per heavy atom. The number of rotatable bonds is 2. The predicted molar refractivity (Wildman–Crippen MR) is 57.0 cm³/mol. The van der Waals surface area contributed by atoms with Crippen LogP contribution in [0.25, 0.3) is 0 Å². The Hall–Kier alpha value is -1.56. The van der Waals surface area contributed by atoms with Crippen LogP contribution in [-0.2, 0) is 0 Å². The molecule has 1 fully saturated rings. The first-order valence-electron chi connectivity index (χ1n) is 5.25. The maximum atomic E-state index is 13.1. The molecule has 0 unspecified atom stereocenters. The van der Waals surface area contributed by atoms with Gasteiger partial charge in [-0.15, -0.1) is 0 Å². The SMILES string of the molecule is N#Cc1cc(F)cc(NC2CCCC2)c1. The lowest BCUT2D eigenvalue weighted by atomic mass is 10.2. The number of nitrogens with one attached hydrogen (secondary N) is 1. The maximum Gasteiger partial charge on any atom is 0.126 e. The third-order valence-corrected chi connectivity index (χ3v) is 2.75. The molecule has 0 spiro atoms. The minimum Gasteiger partial charge on any atom is -0.382 e. The highest BCUT2D eigenvalue weighted by atomic mass is 19.1. The van der Waals surface area contributed by atoms with Gasteiger partial charge >= 0.3 is 0 Å². The van der Waals surface area contributed by atoms with Gasteiger partial charge in [-0.3, -0.25) is 0 Å². The van der Waals surface area contributed by atoms with Gasteiger partial charge in [0.25, 0.3) is 0 Å². The largest absolute Gasteiger partial charge is 0.382 e. The Morgan fingerprint density at radius 3 is 2.67 bits per heavy atom. The third kappa shape index (κ3) is 2.47. The van der Waals surface area contributed by atoms with Crippen molar-refractivity contribution in [2.24, 2.45) is 0 Å². The second kappa shape index (κ2) is 4.31. The molecule has 0 aliphatic heterocycles. The van der Waals surface area contributed by atoms with Crippen molar-refractivity contribution in [1.82, 2.24) is 0 Å². The lowest BCUT2D eigenvalue weighted by Gasteiger charge is -2.13. The van der Waals surface area contributed by atoms with Crippen molar-refractivity contribution in [3.8, 4) is 6.07 Å². The molecule has 1 N–H and O–H groups in total. The van der Waals surface area contributed by atoms with E-state index in [0.29, 0.717) is 11.6 Å². The van der Waals surface area contributed by atoms with Gasteiger partial charge in [0.05, 0.1) is 11.6 Å². The van der Waals surface area contributed by atoms with Crippen LogP contribution in [0.3, 0.4) is 0 Å². The molecule has 1 saturated carbocycles. The molecule has 3 heteroatoms. The number of nitriles is 1. The molecule has 1 aliphatic carbocycles. The van der Waals surface area contributed by atoms with Gasteiger partial charge in [0, 0.05) is 11.7 Å². The topological polar surface area (TPSA) is 35.8 Å². The summed E-state index contributed by atoms with van der Waals surface area (Å²) in [5.41, 5.74) is 1.09. The van der Waals surface area contributed by atoms with Crippen molar-refractivity contribution in [2.75, 3.05) is 5.32 Å². The summed E-state index contributed by atoms with van der Waals surface area (Å²) < 4.78 is 13.1. The summed E-state index contributed by atoms with van der Waals surface area (Å²) in [5.74, 6) is -0.352. The van der Waals surface area contributed by atoms with Crippen LogP contribution in [0.15, 0.2) is 18.2 Å². The Kier molecular flexibility index (Phi) is 2.86. The fourth-order valence-electron chi connectivity index (χ4n) is 2.04. The summed E-state index contributed by atoms with van der Waals surface area (Å²) in [5, 5.41) is 12.0. The highest BCUT2D eigenvalue weighted by Crippen LogP contribution is 2.23. The molecule has 1 aromatic rings. The Bertz CT molecular complexity index is 389. The van der Waals surface area contributed by atoms with Crippen molar-refractivity contribution >= 4 is 5.69 Å². The minimum absolute atomic E-state index is 0.352. The van der Waals surface area contributed by atoms with E-state index >= 15 is 0 Å². The fraction of sp³-hybridized carbons (Fsp3) is 0.417. The number of benzene rings is 1. The molecule has 78 valence electrons. The highest BCUT2D eigenvalue weighted by Gasteiger charge is 2.14. The first-order chi connectivity index (χ1) is 7.28. The quantitative estimate of drug-likeness (QED) is 0.803. The Morgan fingerprint density at radius 1 is 1.27 bits per heavy atom. The summed E-state index contributed by atoms with van der Waals surface area (Å²) in [4.78, 5) is 0. The van der Waals surface area contributed by atoms with E-state index in [2.05, 4.69) is 5.32 Å². The molecule has 0 saturated heterocycles. The zero-order valence-corrected chi connectivity index (χ0v) is 8.46. The molecule has 0 bridgehead atoms. The van der Waals surface area contributed by atoms with E-state index in [0.717, 1.165) is 18.5 Å². The second-order valence-corrected chi connectivity index (χ2v) is 3.97. The van der Waals surface area contributed by atoms with Crippen LogP contribution in [0.1, 0.15) is 31.2 Å². The van der Waals surface area contributed by atoms with Crippen LogP contribution in [0.5, 0.6) is 0 Å². The maximum absolute atomic E-state index is 13.1. The normalized spacial score (nSPS) is 16.3. The van der Waals surface area contributed by atoms with Gasteiger partial charge in [-0.25, -0.2) is 4.39 Å². The predicted octanol–water partition coefficient (Wildman–Crippen LogP) is 3.05. The van der Waals surface area contributed by atoms with Crippen molar-refractivity contribution in [3.63, 3.8) is 0 Å². The zero-order valence-electron chi connectivity index (χ0n) is 8.46. The molecule has 2 rings (SSSR count). The van der Waals surface area contributed by atoms with E-state index in [1.807, 2.05) is 6.07 Å². The monoisotopic (exact) mass is 204 g/mol. The first kappa shape index (κ1) is 9.97. The van der Waals surface area contributed by atoms with Gasteiger partial charge in [0.15, 0.2) is 0 Å². The van der Waals surface area contributed by atoms with E-state index in [1.54, 1.807) is 6.07 Å². The number of anilines is 1. The van der Waals surface area contributed by atoms with E-state index in [-0.39, 0.29) is 5.82 Å². The molecule has 2 nitrogen and oxygen atoms in total.